The van der Waals surface area contributed by atoms with Gasteiger partial charge in [0.05, 0.1) is 11.1 Å². The second-order valence-electron chi connectivity index (χ2n) is 3.17. The van der Waals surface area contributed by atoms with Crippen molar-refractivity contribution < 1.29 is 9.90 Å². The Balaban J connectivity index is 0.00000112. The number of aromatic nitrogens is 1. The molecule has 2 rings (SSSR count). The average Bonchev–Trinajstić information content (AvgIpc) is 2.18. The Hall–Kier alpha value is -1.61. The van der Waals surface area contributed by atoms with Crippen LogP contribution in [-0.4, -0.2) is 16.1 Å². The molecule has 4 heteroatoms. The Kier molecular flexibility index (Phi) is 3.27. The molecule has 0 aliphatic rings. The van der Waals surface area contributed by atoms with Crippen molar-refractivity contribution in [3.05, 3.63) is 41.6 Å². The number of halogens is 1. The van der Waals surface area contributed by atoms with Crippen LogP contribution in [-0.2, 0) is 0 Å². The van der Waals surface area contributed by atoms with Gasteiger partial charge >= 0.3 is 5.97 Å². The zero-order valence-corrected chi connectivity index (χ0v) is 8.91. The van der Waals surface area contributed by atoms with E-state index in [0.29, 0.717) is 0 Å². The molecule has 3 nitrogen and oxygen atoms in total. The molecule has 1 N–H and O–H groups in total. The van der Waals surface area contributed by atoms with E-state index in [9.17, 15) is 4.79 Å². The number of fused-ring (bicyclic) bond motifs is 1. The van der Waals surface area contributed by atoms with Gasteiger partial charge in [-0.3, -0.25) is 4.98 Å². The van der Waals surface area contributed by atoms with Crippen molar-refractivity contribution in [1.29, 1.82) is 0 Å². The molecule has 1 aromatic carbocycles. The van der Waals surface area contributed by atoms with E-state index >= 15 is 0 Å². The monoisotopic (exact) mass is 223 g/mol. The minimum Gasteiger partial charge on any atom is -0.478 e. The second kappa shape index (κ2) is 4.28. The average molecular weight is 224 g/mol. The molecular formula is C11H10ClNO2. The van der Waals surface area contributed by atoms with Gasteiger partial charge in [-0.05, 0) is 24.6 Å². The quantitative estimate of drug-likeness (QED) is 0.809. The summed E-state index contributed by atoms with van der Waals surface area (Å²) in [5, 5.41) is 9.69. The highest BCUT2D eigenvalue weighted by Gasteiger charge is 2.05. The van der Waals surface area contributed by atoms with Crippen molar-refractivity contribution in [2.75, 3.05) is 0 Å². The van der Waals surface area contributed by atoms with Gasteiger partial charge in [-0.25, -0.2) is 4.79 Å². The molecule has 0 atom stereocenters. The van der Waals surface area contributed by atoms with Crippen LogP contribution in [0.25, 0.3) is 10.9 Å². The maximum absolute atomic E-state index is 10.7. The number of pyridine rings is 1. The van der Waals surface area contributed by atoms with E-state index in [1.54, 1.807) is 6.07 Å². The molecule has 0 fully saturated rings. The maximum atomic E-state index is 10.7. The number of rotatable bonds is 1. The Bertz CT molecular complexity index is 511. The standard InChI is InChI=1S/C11H9NO2.ClH/c1-7-3-2-4-10-9(7)5-8(6-12-10)11(13)14;/h2-6H,1H3,(H,13,14);1H. The van der Waals surface area contributed by atoms with E-state index in [0.717, 1.165) is 16.5 Å². The molecule has 78 valence electrons. The van der Waals surface area contributed by atoms with Gasteiger partial charge in [0.1, 0.15) is 0 Å². The number of carboxylic acid groups (broad SMARTS) is 1. The van der Waals surface area contributed by atoms with Crippen molar-refractivity contribution in [3.63, 3.8) is 0 Å². The van der Waals surface area contributed by atoms with Crippen molar-refractivity contribution in [1.82, 2.24) is 4.98 Å². The first-order valence-corrected chi connectivity index (χ1v) is 4.27. The lowest BCUT2D eigenvalue weighted by atomic mass is 10.1. The van der Waals surface area contributed by atoms with Crippen LogP contribution in [0.2, 0.25) is 0 Å². The number of aromatic carboxylic acids is 1. The first-order chi connectivity index (χ1) is 6.68. The van der Waals surface area contributed by atoms with Crippen LogP contribution in [0.3, 0.4) is 0 Å². The molecule has 0 unspecified atom stereocenters. The lowest BCUT2D eigenvalue weighted by Gasteiger charge is -2.01. The van der Waals surface area contributed by atoms with Gasteiger partial charge < -0.3 is 5.11 Å². The summed E-state index contributed by atoms with van der Waals surface area (Å²) in [6.07, 6.45) is 1.38. The summed E-state index contributed by atoms with van der Waals surface area (Å²) in [5.74, 6) is -0.942. The molecule has 0 saturated carbocycles. The summed E-state index contributed by atoms with van der Waals surface area (Å²) in [7, 11) is 0. The van der Waals surface area contributed by atoms with Crippen LogP contribution in [0.15, 0.2) is 30.5 Å². The zero-order valence-electron chi connectivity index (χ0n) is 8.10. The van der Waals surface area contributed by atoms with E-state index in [-0.39, 0.29) is 18.0 Å². The summed E-state index contributed by atoms with van der Waals surface area (Å²) >= 11 is 0. The fourth-order valence-electron chi connectivity index (χ4n) is 1.41. The van der Waals surface area contributed by atoms with Crippen LogP contribution in [0.1, 0.15) is 15.9 Å². The van der Waals surface area contributed by atoms with Gasteiger partial charge in [0.25, 0.3) is 0 Å². The van der Waals surface area contributed by atoms with Gasteiger partial charge in [-0.15, -0.1) is 12.4 Å². The van der Waals surface area contributed by atoms with Crippen molar-refractivity contribution >= 4 is 29.3 Å². The number of aryl methyl sites for hydroxylation is 1. The van der Waals surface area contributed by atoms with E-state index < -0.39 is 5.97 Å². The topological polar surface area (TPSA) is 50.2 Å². The molecule has 0 saturated heterocycles. The van der Waals surface area contributed by atoms with E-state index in [1.807, 2.05) is 25.1 Å². The maximum Gasteiger partial charge on any atom is 0.337 e. The normalized spacial score (nSPS) is 9.67. The predicted molar refractivity (Wildman–Crippen MR) is 60.7 cm³/mol. The third kappa shape index (κ3) is 2.07. The second-order valence-corrected chi connectivity index (χ2v) is 3.17. The first kappa shape index (κ1) is 11.5. The first-order valence-electron chi connectivity index (χ1n) is 4.27. The third-order valence-corrected chi connectivity index (χ3v) is 2.19. The summed E-state index contributed by atoms with van der Waals surface area (Å²) in [5.41, 5.74) is 2.10. The van der Waals surface area contributed by atoms with Crippen LogP contribution in [0.4, 0.5) is 0 Å². The minimum absolute atomic E-state index is 0. The summed E-state index contributed by atoms with van der Waals surface area (Å²) in [6.45, 7) is 1.94. The van der Waals surface area contributed by atoms with Gasteiger partial charge in [0.2, 0.25) is 0 Å². The molecule has 1 aromatic heterocycles. The minimum atomic E-state index is -0.942. The fourth-order valence-corrected chi connectivity index (χ4v) is 1.41. The number of benzene rings is 1. The lowest BCUT2D eigenvalue weighted by molar-refractivity contribution is 0.0696. The van der Waals surface area contributed by atoms with Crippen LogP contribution < -0.4 is 0 Å². The Labute approximate surface area is 93.2 Å². The highest BCUT2D eigenvalue weighted by molar-refractivity contribution is 5.93. The SMILES string of the molecule is Cc1cccc2ncc(C(=O)O)cc12.Cl. The predicted octanol–water partition coefficient (Wildman–Crippen LogP) is 2.66. The van der Waals surface area contributed by atoms with Crippen LogP contribution >= 0.6 is 12.4 Å². The number of nitrogens with zero attached hydrogens (tertiary/aromatic N) is 1. The molecule has 1 heterocycles. The van der Waals surface area contributed by atoms with E-state index in [1.165, 1.54) is 6.20 Å². The van der Waals surface area contributed by atoms with Gasteiger partial charge in [0, 0.05) is 11.6 Å². The summed E-state index contributed by atoms with van der Waals surface area (Å²) < 4.78 is 0. The molecule has 0 spiro atoms. The lowest BCUT2D eigenvalue weighted by Crippen LogP contribution is -1.97. The van der Waals surface area contributed by atoms with Crippen molar-refractivity contribution in [3.8, 4) is 0 Å². The molecule has 0 amide bonds. The number of carbonyl (C=O) groups is 1. The van der Waals surface area contributed by atoms with E-state index in [2.05, 4.69) is 4.98 Å². The molecular weight excluding hydrogens is 214 g/mol. The van der Waals surface area contributed by atoms with Crippen LogP contribution in [0.5, 0.6) is 0 Å². The largest absolute Gasteiger partial charge is 0.478 e. The van der Waals surface area contributed by atoms with Crippen LogP contribution in [0, 0.1) is 6.92 Å². The van der Waals surface area contributed by atoms with E-state index in [4.69, 9.17) is 5.11 Å². The van der Waals surface area contributed by atoms with Crippen molar-refractivity contribution in [2.24, 2.45) is 0 Å². The Morgan fingerprint density at radius 3 is 2.80 bits per heavy atom. The number of hydrogen-bond acceptors (Lipinski definition) is 2. The number of carboxylic acids is 1. The third-order valence-electron chi connectivity index (χ3n) is 2.19. The molecule has 0 aliphatic carbocycles. The molecule has 0 bridgehead atoms. The Morgan fingerprint density at radius 2 is 2.13 bits per heavy atom. The molecule has 0 aliphatic heterocycles. The smallest absolute Gasteiger partial charge is 0.337 e. The highest BCUT2D eigenvalue weighted by atomic mass is 35.5. The molecule has 0 radical (unpaired) electrons. The van der Waals surface area contributed by atoms with Crippen molar-refractivity contribution in [2.45, 2.75) is 6.92 Å². The molecule has 15 heavy (non-hydrogen) atoms. The molecule has 2 aromatic rings. The summed E-state index contributed by atoms with van der Waals surface area (Å²) in [6, 6.07) is 7.37. The Morgan fingerprint density at radius 1 is 1.40 bits per heavy atom. The van der Waals surface area contributed by atoms with Gasteiger partial charge in [-0.2, -0.15) is 0 Å². The number of hydrogen-bond donors (Lipinski definition) is 1. The summed E-state index contributed by atoms with van der Waals surface area (Å²) in [4.78, 5) is 14.8. The fraction of sp³-hybridized carbons (Fsp3) is 0.0909. The van der Waals surface area contributed by atoms with Gasteiger partial charge in [-0.1, -0.05) is 12.1 Å². The zero-order chi connectivity index (χ0) is 10.1. The highest BCUT2D eigenvalue weighted by Crippen LogP contribution is 2.17. The van der Waals surface area contributed by atoms with Gasteiger partial charge in [0.15, 0.2) is 0 Å².